The number of sulfone groups is 1. The van der Waals surface area contributed by atoms with Gasteiger partial charge in [-0.3, -0.25) is 9.89 Å². The maximum absolute atomic E-state index is 13.4. The fraction of sp³-hybridized carbons (Fsp3) is 0.238. The van der Waals surface area contributed by atoms with Crippen LogP contribution in [-0.2, 0) is 9.84 Å². The number of hydrogen-bond donors (Lipinski definition) is 2. The van der Waals surface area contributed by atoms with Crippen LogP contribution in [0.15, 0.2) is 42.5 Å². The molecule has 0 aliphatic carbocycles. The number of para-hydroxylation sites is 1. The van der Waals surface area contributed by atoms with Gasteiger partial charge in [-0.25, -0.2) is 8.42 Å². The molecule has 10 heteroatoms. The van der Waals surface area contributed by atoms with Crippen LogP contribution in [0.5, 0.6) is 5.75 Å². The van der Waals surface area contributed by atoms with Gasteiger partial charge >= 0.3 is 0 Å². The molecule has 2 aliphatic heterocycles. The number of carbonyl (C=O) groups excluding carboxylic acids is 1. The third kappa shape index (κ3) is 3.30. The summed E-state index contributed by atoms with van der Waals surface area (Å²) >= 11 is 12.4. The summed E-state index contributed by atoms with van der Waals surface area (Å²) < 4.78 is 24.3. The van der Waals surface area contributed by atoms with Gasteiger partial charge in [-0.2, -0.15) is 5.10 Å². The molecule has 3 aromatic rings. The molecule has 0 radical (unpaired) electrons. The quantitative estimate of drug-likeness (QED) is 0.596. The Balaban J connectivity index is 1.71. The van der Waals surface area contributed by atoms with Crippen LogP contribution >= 0.6 is 23.2 Å². The Morgan fingerprint density at radius 2 is 1.90 bits per heavy atom. The van der Waals surface area contributed by atoms with Crippen molar-refractivity contribution in [1.82, 2.24) is 15.1 Å². The first-order valence-electron chi connectivity index (χ1n) is 9.61. The number of halogens is 2. The summed E-state index contributed by atoms with van der Waals surface area (Å²) in [6, 6.07) is 10.7. The minimum atomic E-state index is -3.22. The second-order valence-corrected chi connectivity index (χ2v) is 10.8. The van der Waals surface area contributed by atoms with E-state index < -0.39 is 21.9 Å². The highest BCUT2D eigenvalue weighted by Gasteiger charge is 2.48. The van der Waals surface area contributed by atoms with Crippen LogP contribution in [0, 0.1) is 0 Å². The number of phenolic OH excluding ortho intramolecular Hbond substituents is 1. The standard InChI is InChI=1S/C21H17Cl2N3O4S/c22-14-6-5-11(9-15(14)23)20-17-18(13-3-1-2-4-16(13)27)24-25-19(17)21(28)26(20)12-7-8-31(29,30)10-12/h1-6,9,12,20,27H,7-8,10H2,(H,24,25). The number of aromatic hydroxyl groups is 1. The number of hydrogen-bond acceptors (Lipinski definition) is 5. The number of carbonyl (C=O) groups is 1. The van der Waals surface area contributed by atoms with Gasteiger partial charge in [0.15, 0.2) is 9.84 Å². The number of rotatable bonds is 3. The van der Waals surface area contributed by atoms with Crippen molar-refractivity contribution in [3.63, 3.8) is 0 Å². The topological polar surface area (TPSA) is 103 Å². The monoisotopic (exact) mass is 477 g/mol. The van der Waals surface area contributed by atoms with Crippen LogP contribution in [0.3, 0.4) is 0 Å². The van der Waals surface area contributed by atoms with Crippen molar-refractivity contribution in [3.05, 3.63) is 69.3 Å². The van der Waals surface area contributed by atoms with Gasteiger partial charge in [0.05, 0.1) is 27.6 Å². The SMILES string of the molecule is O=C1c2[nH]nc(-c3ccccc3O)c2C(c2ccc(Cl)c(Cl)c2)N1C1CCS(=O)(=O)C1. The van der Waals surface area contributed by atoms with Crippen molar-refractivity contribution in [2.24, 2.45) is 0 Å². The molecule has 2 N–H and O–H groups in total. The molecule has 5 rings (SSSR count). The van der Waals surface area contributed by atoms with Gasteiger partial charge in [-0.15, -0.1) is 0 Å². The van der Waals surface area contributed by atoms with E-state index >= 15 is 0 Å². The molecule has 160 valence electrons. The lowest BCUT2D eigenvalue weighted by Crippen LogP contribution is -2.40. The lowest BCUT2D eigenvalue weighted by Gasteiger charge is -2.31. The number of aromatic nitrogens is 2. The lowest BCUT2D eigenvalue weighted by atomic mass is 9.95. The number of nitrogens with zero attached hydrogens (tertiary/aromatic N) is 2. The molecule has 0 bridgehead atoms. The number of aromatic amines is 1. The molecule has 2 aromatic carbocycles. The zero-order valence-corrected chi connectivity index (χ0v) is 18.4. The molecular weight excluding hydrogens is 461 g/mol. The van der Waals surface area contributed by atoms with Gasteiger partial charge in [0.25, 0.3) is 5.91 Å². The summed E-state index contributed by atoms with van der Waals surface area (Å²) in [6.07, 6.45) is 0.357. The van der Waals surface area contributed by atoms with Crippen LogP contribution in [-0.4, -0.2) is 52.1 Å². The average molecular weight is 478 g/mol. The summed E-state index contributed by atoms with van der Waals surface area (Å²) in [6.45, 7) is 0. The summed E-state index contributed by atoms with van der Waals surface area (Å²) in [7, 11) is -3.22. The Morgan fingerprint density at radius 3 is 2.58 bits per heavy atom. The Hall–Kier alpha value is -2.55. The number of benzene rings is 2. The van der Waals surface area contributed by atoms with Crippen molar-refractivity contribution in [3.8, 4) is 17.0 Å². The average Bonchev–Trinajstić information content (AvgIpc) is 3.38. The van der Waals surface area contributed by atoms with E-state index in [1.165, 1.54) is 0 Å². The smallest absolute Gasteiger partial charge is 0.273 e. The van der Waals surface area contributed by atoms with Crippen LogP contribution < -0.4 is 0 Å². The van der Waals surface area contributed by atoms with Crippen LogP contribution in [0.4, 0.5) is 0 Å². The normalized spacial score (nSPS) is 22.1. The molecular formula is C21H17Cl2N3O4S. The molecule has 2 aliphatic rings. The number of H-pyrrole nitrogens is 1. The second-order valence-electron chi connectivity index (χ2n) is 7.72. The van der Waals surface area contributed by atoms with E-state index in [1.807, 2.05) is 0 Å². The third-order valence-electron chi connectivity index (χ3n) is 5.82. The molecule has 0 spiro atoms. The molecule has 1 aromatic heterocycles. The molecule has 1 amide bonds. The highest BCUT2D eigenvalue weighted by molar-refractivity contribution is 7.91. The Morgan fingerprint density at radius 1 is 1.13 bits per heavy atom. The van der Waals surface area contributed by atoms with Gasteiger partial charge in [0, 0.05) is 17.2 Å². The summed E-state index contributed by atoms with van der Waals surface area (Å²) in [4.78, 5) is 15.0. The number of nitrogens with one attached hydrogen (secondary N) is 1. The van der Waals surface area contributed by atoms with E-state index in [9.17, 15) is 18.3 Å². The van der Waals surface area contributed by atoms with Crippen LogP contribution in [0.1, 0.15) is 34.1 Å². The molecule has 2 atom stereocenters. The summed E-state index contributed by atoms with van der Waals surface area (Å²) in [5.41, 5.74) is 2.44. The fourth-order valence-electron chi connectivity index (χ4n) is 4.43. The first-order valence-corrected chi connectivity index (χ1v) is 12.2. The van der Waals surface area contributed by atoms with Crippen LogP contribution in [0.2, 0.25) is 10.0 Å². The molecule has 0 saturated carbocycles. The van der Waals surface area contributed by atoms with E-state index in [0.29, 0.717) is 38.9 Å². The maximum Gasteiger partial charge on any atom is 0.273 e. The van der Waals surface area contributed by atoms with Crippen molar-refractivity contribution in [2.75, 3.05) is 11.5 Å². The van der Waals surface area contributed by atoms with Gasteiger partial charge in [0.1, 0.15) is 17.1 Å². The molecule has 1 saturated heterocycles. The van der Waals surface area contributed by atoms with E-state index in [-0.39, 0.29) is 28.9 Å². The molecule has 31 heavy (non-hydrogen) atoms. The van der Waals surface area contributed by atoms with Crippen LogP contribution in [0.25, 0.3) is 11.3 Å². The van der Waals surface area contributed by atoms with E-state index in [0.717, 1.165) is 0 Å². The molecule has 3 heterocycles. The Kier molecular flexibility index (Phi) is 4.76. The highest BCUT2D eigenvalue weighted by atomic mass is 35.5. The first kappa shape index (κ1) is 20.4. The van der Waals surface area contributed by atoms with E-state index in [4.69, 9.17) is 23.2 Å². The predicted molar refractivity (Wildman–Crippen MR) is 117 cm³/mol. The van der Waals surface area contributed by atoms with Gasteiger partial charge in [0.2, 0.25) is 0 Å². The summed E-state index contributed by atoms with van der Waals surface area (Å²) in [5.74, 6) is -0.366. The van der Waals surface area contributed by atoms with Gasteiger partial charge in [-0.1, -0.05) is 41.4 Å². The second kappa shape index (κ2) is 7.25. The zero-order valence-electron chi connectivity index (χ0n) is 16.0. The van der Waals surface area contributed by atoms with Crippen molar-refractivity contribution in [1.29, 1.82) is 0 Å². The zero-order chi connectivity index (χ0) is 21.9. The minimum absolute atomic E-state index is 0.0269. The minimum Gasteiger partial charge on any atom is -0.507 e. The molecule has 2 unspecified atom stereocenters. The van der Waals surface area contributed by atoms with Crippen molar-refractivity contribution < 1.29 is 18.3 Å². The Bertz CT molecular complexity index is 1320. The van der Waals surface area contributed by atoms with Crippen molar-refractivity contribution in [2.45, 2.75) is 18.5 Å². The van der Waals surface area contributed by atoms with Crippen molar-refractivity contribution >= 4 is 38.9 Å². The van der Waals surface area contributed by atoms with E-state index in [2.05, 4.69) is 10.2 Å². The van der Waals surface area contributed by atoms with E-state index in [1.54, 1.807) is 47.4 Å². The molecule has 7 nitrogen and oxygen atoms in total. The largest absolute Gasteiger partial charge is 0.507 e. The fourth-order valence-corrected chi connectivity index (χ4v) is 6.44. The number of phenols is 1. The van der Waals surface area contributed by atoms with Gasteiger partial charge in [-0.05, 0) is 36.2 Å². The number of amides is 1. The molecule has 1 fully saturated rings. The van der Waals surface area contributed by atoms with Gasteiger partial charge < -0.3 is 10.0 Å². The first-order chi connectivity index (χ1) is 14.8. The highest BCUT2D eigenvalue weighted by Crippen LogP contribution is 2.47. The maximum atomic E-state index is 13.4. The number of fused-ring (bicyclic) bond motifs is 1. The predicted octanol–water partition coefficient (Wildman–Crippen LogP) is 3.82. The Labute approximate surface area is 188 Å². The third-order valence-corrected chi connectivity index (χ3v) is 8.31. The summed E-state index contributed by atoms with van der Waals surface area (Å²) in [5, 5.41) is 18.2. The lowest BCUT2D eigenvalue weighted by molar-refractivity contribution is 0.0678.